The minimum absolute atomic E-state index is 0.448. The Balaban J connectivity index is 1.52. The van der Waals surface area contributed by atoms with E-state index in [1.165, 1.54) is 12.8 Å². The SMILES string of the molecule is CCC1CN(CCCOC2CCNCC2)CCO1. The number of morpholine rings is 1. The van der Waals surface area contributed by atoms with Crippen LogP contribution < -0.4 is 5.32 Å². The van der Waals surface area contributed by atoms with E-state index in [4.69, 9.17) is 9.47 Å². The van der Waals surface area contributed by atoms with Crippen molar-refractivity contribution in [2.24, 2.45) is 0 Å². The van der Waals surface area contributed by atoms with Crippen LogP contribution in [-0.4, -0.2) is 63.0 Å². The highest BCUT2D eigenvalue weighted by molar-refractivity contribution is 4.71. The van der Waals surface area contributed by atoms with Crippen LogP contribution in [0.5, 0.6) is 0 Å². The van der Waals surface area contributed by atoms with E-state index in [9.17, 15) is 0 Å². The van der Waals surface area contributed by atoms with Crippen molar-refractivity contribution < 1.29 is 9.47 Å². The van der Waals surface area contributed by atoms with Crippen LogP contribution in [0.25, 0.3) is 0 Å². The van der Waals surface area contributed by atoms with Crippen molar-refractivity contribution in [2.75, 3.05) is 45.9 Å². The minimum atomic E-state index is 0.448. The van der Waals surface area contributed by atoms with Gasteiger partial charge in [0.2, 0.25) is 0 Å². The standard InChI is InChI=1S/C14H28N2O2/c1-2-13-12-16(9-11-18-13)8-3-10-17-14-4-6-15-7-5-14/h13-15H,2-12H2,1H3. The van der Waals surface area contributed by atoms with Crippen LogP contribution >= 0.6 is 0 Å². The molecule has 1 N–H and O–H groups in total. The lowest BCUT2D eigenvalue weighted by Gasteiger charge is -2.32. The highest BCUT2D eigenvalue weighted by Gasteiger charge is 2.18. The Morgan fingerprint density at radius 3 is 2.94 bits per heavy atom. The van der Waals surface area contributed by atoms with Crippen molar-refractivity contribution in [1.29, 1.82) is 0 Å². The minimum Gasteiger partial charge on any atom is -0.378 e. The lowest BCUT2D eigenvalue weighted by Crippen LogP contribution is -2.42. The first-order valence-corrected chi connectivity index (χ1v) is 7.54. The second-order valence-electron chi connectivity index (χ2n) is 5.38. The Morgan fingerprint density at radius 1 is 1.33 bits per heavy atom. The fraction of sp³-hybridized carbons (Fsp3) is 1.00. The molecule has 2 aliphatic heterocycles. The molecule has 0 spiro atoms. The molecule has 2 aliphatic rings. The van der Waals surface area contributed by atoms with E-state index in [2.05, 4.69) is 17.1 Å². The van der Waals surface area contributed by atoms with Gasteiger partial charge in [-0.3, -0.25) is 4.90 Å². The van der Waals surface area contributed by atoms with E-state index in [0.717, 1.165) is 58.8 Å². The fourth-order valence-electron chi connectivity index (χ4n) is 2.73. The van der Waals surface area contributed by atoms with Crippen molar-refractivity contribution in [1.82, 2.24) is 10.2 Å². The van der Waals surface area contributed by atoms with Crippen LogP contribution in [0, 0.1) is 0 Å². The number of nitrogens with one attached hydrogen (secondary N) is 1. The summed E-state index contributed by atoms with van der Waals surface area (Å²) in [5.41, 5.74) is 0. The Labute approximate surface area is 111 Å². The highest BCUT2D eigenvalue weighted by atomic mass is 16.5. The third-order valence-electron chi connectivity index (χ3n) is 3.94. The predicted molar refractivity (Wildman–Crippen MR) is 72.9 cm³/mol. The van der Waals surface area contributed by atoms with Crippen LogP contribution in [0.4, 0.5) is 0 Å². The first kappa shape index (κ1) is 14.3. The summed E-state index contributed by atoms with van der Waals surface area (Å²) in [6, 6.07) is 0. The Hall–Kier alpha value is -0.160. The molecule has 2 fully saturated rings. The number of hydrogen-bond acceptors (Lipinski definition) is 4. The molecule has 1 atom stereocenters. The molecule has 0 aromatic rings. The average Bonchev–Trinajstić information content (AvgIpc) is 2.45. The zero-order chi connectivity index (χ0) is 12.6. The predicted octanol–water partition coefficient (Wildman–Crippen LogP) is 1.26. The van der Waals surface area contributed by atoms with Gasteiger partial charge >= 0.3 is 0 Å². The van der Waals surface area contributed by atoms with Crippen molar-refractivity contribution >= 4 is 0 Å². The van der Waals surface area contributed by atoms with Gasteiger partial charge in [-0.05, 0) is 38.8 Å². The smallest absolute Gasteiger partial charge is 0.0700 e. The van der Waals surface area contributed by atoms with Crippen LogP contribution in [0.2, 0.25) is 0 Å². The third-order valence-corrected chi connectivity index (χ3v) is 3.94. The third kappa shape index (κ3) is 4.84. The zero-order valence-corrected chi connectivity index (χ0v) is 11.7. The first-order valence-electron chi connectivity index (χ1n) is 7.54. The quantitative estimate of drug-likeness (QED) is 0.725. The molecule has 18 heavy (non-hydrogen) atoms. The summed E-state index contributed by atoms with van der Waals surface area (Å²) in [4.78, 5) is 2.52. The lowest BCUT2D eigenvalue weighted by molar-refractivity contribution is -0.0345. The molecule has 0 radical (unpaired) electrons. The van der Waals surface area contributed by atoms with E-state index >= 15 is 0 Å². The molecular weight excluding hydrogens is 228 g/mol. The summed E-state index contributed by atoms with van der Waals surface area (Å²) in [6.45, 7) is 9.60. The highest BCUT2D eigenvalue weighted by Crippen LogP contribution is 2.10. The normalized spacial score (nSPS) is 27.5. The monoisotopic (exact) mass is 256 g/mol. The summed E-state index contributed by atoms with van der Waals surface area (Å²) < 4.78 is 11.6. The first-order chi connectivity index (χ1) is 8.88. The Kier molecular flexibility index (Phi) is 6.41. The topological polar surface area (TPSA) is 33.7 Å². The lowest BCUT2D eigenvalue weighted by atomic mass is 10.1. The number of hydrogen-bond donors (Lipinski definition) is 1. The summed E-state index contributed by atoms with van der Waals surface area (Å²) in [5, 5.41) is 3.37. The molecule has 106 valence electrons. The largest absolute Gasteiger partial charge is 0.378 e. The molecule has 2 heterocycles. The van der Waals surface area contributed by atoms with E-state index in [-0.39, 0.29) is 0 Å². The van der Waals surface area contributed by atoms with E-state index in [1.54, 1.807) is 0 Å². The van der Waals surface area contributed by atoms with Crippen molar-refractivity contribution in [3.05, 3.63) is 0 Å². The summed E-state index contributed by atoms with van der Waals surface area (Å²) >= 11 is 0. The second-order valence-corrected chi connectivity index (χ2v) is 5.38. The maximum absolute atomic E-state index is 5.93. The number of piperidine rings is 1. The van der Waals surface area contributed by atoms with Crippen LogP contribution in [0.3, 0.4) is 0 Å². The molecule has 1 unspecified atom stereocenters. The molecule has 0 aromatic carbocycles. The van der Waals surface area contributed by atoms with E-state index in [0.29, 0.717) is 12.2 Å². The van der Waals surface area contributed by atoms with Gasteiger partial charge in [0.15, 0.2) is 0 Å². The molecule has 0 bridgehead atoms. The molecule has 2 saturated heterocycles. The van der Waals surface area contributed by atoms with Gasteiger partial charge < -0.3 is 14.8 Å². The van der Waals surface area contributed by atoms with Crippen molar-refractivity contribution in [3.8, 4) is 0 Å². The van der Waals surface area contributed by atoms with Gasteiger partial charge in [0, 0.05) is 26.2 Å². The fourth-order valence-corrected chi connectivity index (χ4v) is 2.73. The Bertz CT molecular complexity index is 220. The zero-order valence-electron chi connectivity index (χ0n) is 11.7. The number of rotatable bonds is 6. The molecule has 4 nitrogen and oxygen atoms in total. The van der Waals surface area contributed by atoms with Gasteiger partial charge in [0.1, 0.15) is 0 Å². The molecule has 0 saturated carbocycles. The van der Waals surface area contributed by atoms with Crippen molar-refractivity contribution in [2.45, 2.75) is 44.8 Å². The summed E-state index contributed by atoms with van der Waals surface area (Å²) in [7, 11) is 0. The van der Waals surface area contributed by atoms with Gasteiger partial charge in [0.05, 0.1) is 18.8 Å². The van der Waals surface area contributed by atoms with Gasteiger partial charge in [-0.2, -0.15) is 0 Å². The Morgan fingerprint density at radius 2 is 2.17 bits per heavy atom. The molecule has 0 aliphatic carbocycles. The maximum atomic E-state index is 5.93. The van der Waals surface area contributed by atoms with Gasteiger partial charge in [-0.15, -0.1) is 0 Å². The molecule has 4 heteroatoms. The summed E-state index contributed by atoms with van der Waals surface area (Å²) in [5.74, 6) is 0. The van der Waals surface area contributed by atoms with Gasteiger partial charge in [-0.25, -0.2) is 0 Å². The van der Waals surface area contributed by atoms with Crippen LogP contribution in [-0.2, 0) is 9.47 Å². The molecule has 2 rings (SSSR count). The van der Waals surface area contributed by atoms with Crippen LogP contribution in [0.15, 0.2) is 0 Å². The van der Waals surface area contributed by atoms with Crippen LogP contribution in [0.1, 0.15) is 32.6 Å². The summed E-state index contributed by atoms with van der Waals surface area (Å²) in [6.07, 6.45) is 5.58. The molecule has 0 amide bonds. The maximum Gasteiger partial charge on any atom is 0.0700 e. The van der Waals surface area contributed by atoms with Crippen molar-refractivity contribution in [3.63, 3.8) is 0 Å². The number of ether oxygens (including phenoxy) is 2. The van der Waals surface area contributed by atoms with E-state index in [1.807, 2.05) is 0 Å². The van der Waals surface area contributed by atoms with Gasteiger partial charge in [-0.1, -0.05) is 6.92 Å². The van der Waals surface area contributed by atoms with E-state index < -0.39 is 0 Å². The molecule has 0 aromatic heterocycles. The average molecular weight is 256 g/mol. The molecular formula is C14H28N2O2. The number of nitrogens with zero attached hydrogens (tertiary/aromatic N) is 1. The van der Waals surface area contributed by atoms with Gasteiger partial charge in [0.25, 0.3) is 0 Å². The second kappa shape index (κ2) is 8.10.